The van der Waals surface area contributed by atoms with Gasteiger partial charge in [0.15, 0.2) is 6.61 Å². The van der Waals surface area contributed by atoms with Crippen molar-refractivity contribution in [3.8, 4) is 0 Å². The molecule has 0 saturated carbocycles. The topological polar surface area (TPSA) is 98.5 Å². The monoisotopic (exact) mass is 388 g/mol. The van der Waals surface area contributed by atoms with Crippen LogP contribution in [0.25, 0.3) is 10.1 Å². The first kappa shape index (κ1) is 18.5. The van der Waals surface area contributed by atoms with Gasteiger partial charge in [0.2, 0.25) is 0 Å². The summed E-state index contributed by atoms with van der Waals surface area (Å²) in [5.41, 5.74) is 0.795. The Morgan fingerprint density at radius 1 is 1.26 bits per heavy atom. The molecule has 0 aliphatic rings. The standard InChI is InChI=1S/C18H13FN2O5S/c1-10-7-11(21(24)25)5-6-14(10)20-17(22)9-26-18(23)16-8-12-13(19)3-2-4-15(12)27-16/h2-8H,9H2,1H3,(H,20,22). The van der Waals surface area contributed by atoms with Crippen LogP contribution >= 0.6 is 11.3 Å². The minimum absolute atomic E-state index is 0.0890. The Balaban J connectivity index is 1.62. The summed E-state index contributed by atoms with van der Waals surface area (Å²) in [4.78, 5) is 34.4. The third-order valence-electron chi connectivity index (χ3n) is 3.74. The van der Waals surface area contributed by atoms with Crippen LogP contribution in [-0.4, -0.2) is 23.4 Å². The molecule has 0 aliphatic heterocycles. The smallest absolute Gasteiger partial charge is 0.348 e. The second-order valence-corrected chi connectivity index (χ2v) is 6.73. The molecule has 0 aliphatic carbocycles. The van der Waals surface area contributed by atoms with E-state index in [1.165, 1.54) is 30.3 Å². The largest absolute Gasteiger partial charge is 0.451 e. The second kappa shape index (κ2) is 7.50. The number of esters is 1. The van der Waals surface area contributed by atoms with Gasteiger partial charge in [-0.1, -0.05) is 6.07 Å². The van der Waals surface area contributed by atoms with Gasteiger partial charge >= 0.3 is 5.97 Å². The fourth-order valence-electron chi connectivity index (χ4n) is 2.42. The molecule has 0 unspecified atom stereocenters. The molecule has 9 heteroatoms. The molecule has 0 saturated heterocycles. The molecule has 0 radical (unpaired) electrons. The maximum Gasteiger partial charge on any atom is 0.348 e. The Kier molecular flexibility index (Phi) is 5.13. The van der Waals surface area contributed by atoms with E-state index in [1.54, 1.807) is 19.1 Å². The Bertz CT molecular complexity index is 1060. The van der Waals surface area contributed by atoms with E-state index in [1.807, 2.05) is 0 Å². The Morgan fingerprint density at radius 2 is 2.04 bits per heavy atom. The summed E-state index contributed by atoms with van der Waals surface area (Å²) in [6.45, 7) is 1.08. The van der Waals surface area contributed by atoms with Gasteiger partial charge in [-0.05, 0) is 36.8 Å². The molecule has 7 nitrogen and oxygen atoms in total. The normalized spacial score (nSPS) is 10.6. The summed E-state index contributed by atoms with van der Waals surface area (Å²) in [7, 11) is 0. The molecule has 1 amide bonds. The molecule has 1 aromatic heterocycles. The number of fused-ring (bicyclic) bond motifs is 1. The maximum atomic E-state index is 13.7. The van der Waals surface area contributed by atoms with Crippen molar-refractivity contribution in [2.75, 3.05) is 11.9 Å². The molecular formula is C18H13FN2O5S. The highest BCUT2D eigenvalue weighted by Crippen LogP contribution is 2.28. The number of ether oxygens (including phenoxy) is 1. The number of hydrogen-bond acceptors (Lipinski definition) is 6. The average molecular weight is 388 g/mol. The van der Waals surface area contributed by atoms with Crippen LogP contribution in [0.5, 0.6) is 0 Å². The highest BCUT2D eigenvalue weighted by atomic mass is 32.1. The van der Waals surface area contributed by atoms with Crippen LogP contribution in [-0.2, 0) is 9.53 Å². The Hall–Kier alpha value is -3.33. The van der Waals surface area contributed by atoms with Crippen LogP contribution in [0.1, 0.15) is 15.2 Å². The van der Waals surface area contributed by atoms with E-state index in [2.05, 4.69) is 5.32 Å². The van der Waals surface area contributed by atoms with Gasteiger partial charge in [-0.3, -0.25) is 14.9 Å². The SMILES string of the molecule is Cc1cc([N+](=O)[O-])ccc1NC(=O)COC(=O)c1cc2c(F)cccc2s1. The number of carbonyl (C=O) groups is 2. The summed E-state index contributed by atoms with van der Waals surface area (Å²) in [6, 6.07) is 9.91. The molecule has 3 aromatic rings. The van der Waals surface area contributed by atoms with Gasteiger partial charge in [-0.25, -0.2) is 9.18 Å². The van der Waals surface area contributed by atoms with E-state index in [0.717, 1.165) is 11.3 Å². The zero-order valence-corrected chi connectivity index (χ0v) is 14.8. The van der Waals surface area contributed by atoms with Crippen LogP contribution in [0.15, 0.2) is 42.5 Å². The average Bonchev–Trinajstić information content (AvgIpc) is 3.07. The molecule has 1 N–H and O–H groups in total. The summed E-state index contributed by atoms with van der Waals surface area (Å²) in [6.07, 6.45) is 0. The number of amides is 1. The molecular weight excluding hydrogens is 375 g/mol. The molecule has 3 rings (SSSR count). The number of halogens is 1. The number of nitro groups is 1. The lowest BCUT2D eigenvalue weighted by Gasteiger charge is -2.08. The van der Waals surface area contributed by atoms with Gasteiger partial charge in [0.1, 0.15) is 10.7 Å². The Morgan fingerprint density at radius 3 is 2.70 bits per heavy atom. The van der Waals surface area contributed by atoms with Gasteiger partial charge in [-0.2, -0.15) is 0 Å². The molecule has 0 bridgehead atoms. The van der Waals surface area contributed by atoms with Crippen molar-refractivity contribution in [3.05, 3.63) is 68.8 Å². The van der Waals surface area contributed by atoms with E-state index < -0.39 is 29.2 Å². The van der Waals surface area contributed by atoms with Crippen LogP contribution < -0.4 is 5.32 Å². The summed E-state index contributed by atoms with van der Waals surface area (Å²) < 4.78 is 19.3. The van der Waals surface area contributed by atoms with Crippen LogP contribution in [0.2, 0.25) is 0 Å². The maximum absolute atomic E-state index is 13.7. The van der Waals surface area contributed by atoms with Gasteiger partial charge < -0.3 is 10.1 Å². The van der Waals surface area contributed by atoms with Crippen molar-refractivity contribution in [2.24, 2.45) is 0 Å². The molecule has 138 valence electrons. The first-order valence-electron chi connectivity index (χ1n) is 7.75. The quantitative estimate of drug-likeness (QED) is 0.404. The van der Waals surface area contributed by atoms with Gasteiger partial charge in [-0.15, -0.1) is 11.3 Å². The zero-order chi connectivity index (χ0) is 19.6. The number of thiophene rings is 1. The summed E-state index contributed by atoms with van der Waals surface area (Å²) in [5.74, 6) is -1.76. The number of anilines is 1. The fraction of sp³-hybridized carbons (Fsp3) is 0.111. The van der Waals surface area contributed by atoms with Crippen molar-refractivity contribution in [1.29, 1.82) is 0 Å². The van der Waals surface area contributed by atoms with Crippen molar-refractivity contribution in [1.82, 2.24) is 0 Å². The minimum atomic E-state index is -0.730. The third kappa shape index (κ3) is 4.09. The third-order valence-corrected chi connectivity index (χ3v) is 4.82. The highest BCUT2D eigenvalue weighted by molar-refractivity contribution is 7.20. The lowest BCUT2D eigenvalue weighted by atomic mass is 10.2. The van der Waals surface area contributed by atoms with Gasteiger partial charge in [0.05, 0.1) is 4.92 Å². The van der Waals surface area contributed by atoms with Gasteiger partial charge in [0.25, 0.3) is 11.6 Å². The Labute approximate surface area is 156 Å². The lowest BCUT2D eigenvalue weighted by Crippen LogP contribution is -2.21. The van der Waals surface area contributed by atoms with E-state index in [-0.39, 0.29) is 10.6 Å². The predicted molar refractivity (Wildman–Crippen MR) is 98.5 cm³/mol. The lowest BCUT2D eigenvalue weighted by molar-refractivity contribution is -0.384. The number of non-ortho nitro benzene ring substituents is 1. The number of rotatable bonds is 5. The molecule has 0 fully saturated rings. The first-order valence-corrected chi connectivity index (χ1v) is 8.57. The number of nitrogens with one attached hydrogen (secondary N) is 1. The molecule has 2 aromatic carbocycles. The van der Waals surface area contributed by atoms with E-state index in [9.17, 15) is 24.1 Å². The fourth-order valence-corrected chi connectivity index (χ4v) is 3.39. The number of nitro benzene ring substituents is 1. The van der Waals surface area contributed by atoms with Crippen molar-refractivity contribution < 1.29 is 23.6 Å². The number of benzene rings is 2. The second-order valence-electron chi connectivity index (χ2n) is 5.64. The zero-order valence-electron chi connectivity index (χ0n) is 14.0. The number of carbonyl (C=O) groups excluding carboxylic acids is 2. The van der Waals surface area contributed by atoms with Gasteiger partial charge in [0, 0.05) is 27.9 Å². The predicted octanol–water partition coefficient (Wildman–Crippen LogP) is 4.05. The number of nitrogens with zero attached hydrogens (tertiary/aromatic N) is 1. The highest BCUT2D eigenvalue weighted by Gasteiger charge is 2.16. The number of hydrogen-bond donors (Lipinski definition) is 1. The van der Waals surface area contributed by atoms with Crippen LogP contribution in [0.4, 0.5) is 15.8 Å². The molecule has 27 heavy (non-hydrogen) atoms. The molecule has 0 atom stereocenters. The molecule has 1 heterocycles. The summed E-state index contributed by atoms with van der Waals surface area (Å²) >= 11 is 1.07. The van der Waals surface area contributed by atoms with Crippen molar-refractivity contribution in [2.45, 2.75) is 6.92 Å². The van der Waals surface area contributed by atoms with E-state index in [4.69, 9.17) is 4.74 Å². The van der Waals surface area contributed by atoms with E-state index in [0.29, 0.717) is 21.3 Å². The van der Waals surface area contributed by atoms with Crippen LogP contribution in [0.3, 0.4) is 0 Å². The van der Waals surface area contributed by atoms with Crippen LogP contribution in [0, 0.1) is 22.9 Å². The summed E-state index contributed by atoms with van der Waals surface area (Å²) in [5, 5.41) is 13.6. The number of aryl methyl sites for hydroxylation is 1. The molecule has 0 spiro atoms. The first-order chi connectivity index (χ1) is 12.8. The van der Waals surface area contributed by atoms with Crippen molar-refractivity contribution >= 4 is 44.7 Å². The van der Waals surface area contributed by atoms with Crippen molar-refractivity contribution in [3.63, 3.8) is 0 Å². The minimum Gasteiger partial charge on any atom is -0.451 e. The van der Waals surface area contributed by atoms with E-state index >= 15 is 0 Å².